The summed E-state index contributed by atoms with van der Waals surface area (Å²) in [7, 11) is 1.05. The molecule has 9 heteroatoms. The van der Waals surface area contributed by atoms with E-state index >= 15 is 0 Å². The highest BCUT2D eigenvalue weighted by Crippen LogP contribution is 2.44. The first kappa shape index (κ1) is 17.8. The molecule has 0 radical (unpaired) electrons. The van der Waals surface area contributed by atoms with Gasteiger partial charge in [0, 0.05) is 22.3 Å². The molecule has 0 saturated heterocycles. The molecule has 1 heterocycles. The zero-order chi connectivity index (χ0) is 17.4. The van der Waals surface area contributed by atoms with Crippen LogP contribution in [0.5, 0.6) is 0 Å². The molecule has 0 aliphatic carbocycles. The van der Waals surface area contributed by atoms with Crippen molar-refractivity contribution in [2.75, 3.05) is 7.11 Å². The Morgan fingerprint density at radius 3 is 2.17 bits per heavy atom. The summed E-state index contributed by atoms with van der Waals surface area (Å²) in [4.78, 5) is 15.2. The summed E-state index contributed by atoms with van der Waals surface area (Å²) < 4.78 is 44.4. The van der Waals surface area contributed by atoms with Gasteiger partial charge in [-0.25, -0.2) is 4.79 Å². The summed E-state index contributed by atoms with van der Waals surface area (Å²) in [5.41, 5.74) is -2.41. The highest BCUT2D eigenvalue weighted by molar-refractivity contribution is 6.42. The van der Waals surface area contributed by atoms with Crippen molar-refractivity contribution in [2.24, 2.45) is 0 Å². The SMILES string of the molecule is COC(=O)c1ccnc(C(F)(F)F)c1-c1c(Cl)cc(Cl)cc1Cl. The van der Waals surface area contributed by atoms with E-state index in [2.05, 4.69) is 9.72 Å². The first-order valence-electron chi connectivity index (χ1n) is 5.96. The van der Waals surface area contributed by atoms with Crippen molar-refractivity contribution in [1.82, 2.24) is 4.98 Å². The molecule has 122 valence electrons. The summed E-state index contributed by atoms with van der Waals surface area (Å²) in [6, 6.07) is 3.54. The van der Waals surface area contributed by atoms with Gasteiger partial charge in [-0.15, -0.1) is 0 Å². The van der Waals surface area contributed by atoms with Crippen molar-refractivity contribution in [3.63, 3.8) is 0 Å². The van der Waals surface area contributed by atoms with Crippen LogP contribution >= 0.6 is 34.8 Å². The summed E-state index contributed by atoms with van der Waals surface area (Å²) >= 11 is 17.8. The molecule has 0 aliphatic rings. The Morgan fingerprint density at radius 2 is 1.70 bits per heavy atom. The normalized spacial score (nSPS) is 11.4. The van der Waals surface area contributed by atoms with Crippen molar-refractivity contribution < 1.29 is 22.7 Å². The predicted molar refractivity (Wildman–Crippen MR) is 81.0 cm³/mol. The second-order valence-electron chi connectivity index (χ2n) is 4.32. The van der Waals surface area contributed by atoms with Crippen LogP contribution in [-0.4, -0.2) is 18.1 Å². The fourth-order valence-corrected chi connectivity index (χ4v) is 3.00. The third-order valence-electron chi connectivity index (χ3n) is 2.88. The average molecular weight is 385 g/mol. The standard InChI is InChI=1S/C14H7Cl3F3NO2/c1-23-13(22)7-2-3-21-12(14(18,19)20)10(7)11-8(16)4-6(15)5-9(11)17/h2-5H,1H3. The molecule has 1 aromatic heterocycles. The Bertz CT molecular complexity index is 755. The summed E-state index contributed by atoms with van der Waals surface area (Å²) in [5.74, 6) is -0.977. The molecule has 3 nitrogen and oxygen atoms in total. The van der Waals surface area contributed by atoms with Crippen LogP contribution in [0.2, 0.25) is 15.1 Å². The number of halogens is 6. The molecular weight excluding hydrogens is 378 g/mol. The first-order valence-corrected chi connectivity index (χ1v) is 7.09. The lowest BCUT2D eigenvalue weighted by Crippen LogP contribution is -2.14. The topological polar surface area (TPSA) is 39.2 Å². The number of alkyl halides is 3. The van der Waals surface area contributed by atoms with Crippen molar-refractivity contribution in [3.05, 3.63) is 50.7 Å². The summed E-state index contributed by atoms with van der Waals surface area (Å²) in [6.45, 7) is 0. The van der Waals surface area contributed by atoms with Gasteiger partial charge in [0.2, 0.25) is 0 Å². The number of hydrogen-bond acceptors (Lipinski definition) is 3. The Hall–Kier alpha value is -1.50. The highest BCUT2D eigenvalue weighted by atomic mass is 35.5. The third kappa shape index (κ3) is 3.54. The maximum absolute atomic E-state index is 13.3. The van der Waals surface area contributed by atoms with Crippen LogP contribution in [0, 0.1) is 0 Å². The van der Waals surface area contributed by atoms with Crippen LogP contribution in [0.1, 0.15) is 16.1 Å². The fraction of sp³-hybridized carbons (Fsp3) is 0.143. The van der Waals surface area contributed by atoms with E-state index in [9.17, 15) is 18.0 Å². The van der Waals surface area contributed by atoms with E-state index in [0.717, 1.165) is 19.4 Å². The minimum Gasteiger partial charge on any atom is -0.465 e. The van der Waals surface area contributed by atoms with Gasteiger partial charge in [0.05, 0.1) is 22.7 Å². The number of esters is 1. The van der Waals surface area contributed by atoms with Gasteiger partial charge < -0.3 is 4.74 Å². The van der Waals surface area contributed by atoms with Crippen LogP contribution in [0.4, 0.5) is 13.2 Å². The van der Waals surface area contributed by atoms with Crippen LogP contribution in [0.25, 0.3) is 11.1 Å². The zero-order valence-electron chi connectivity index (χ0n) is 11.3. The van der Waals surface area contributed by atoms with Crippen molar-refractivity contribution in [3.8, 4) is 11.1 Å². The van der Waals surface area contributed by atoms with Gasteiger partial charge >= 0.3 is 12.1 Å². The quantitative estimate of drug-likeness (QED) is 0.641. The molecule has 0 spiro atoms. The predicted octanol–water partition coefficient (Wildman–Crippen LogP) is 5.51. The van der Waals surface area contributed by atoms with E-state index in [1.54, 1.807) is 0 Å². The molecule has 0 saturated carbocycles. The van der Waals surface area contributed by atoms with Crippen LogP contribution < -0.4 is 0 Å². The van der Waals surface area contributed by atoms with Gasteiger partial charge in [0.15, 0.2) is 5.69 Å². The number of carbonyl (C=O) groups is 1. The van der Waals surface area contributed by atoms with E-state index in [4.69, 9.17) is 34.8 Å². The van der Waals surface area contributed by atoms with E-state index < -0.39 is 23.4 Å². The second-order valence-corrected chi connectivity index (χ2v) is 5.57. The molecule has 1 aromatic carbocycles. The van der Waals surface area contributed by atoms with Crippen molar-refractivity contribution in [1.29, 1.82) is 0 Å². The minimum absolute atomic E-state index is 0.140. The monoisotopic (exact) mass is 383 g/mol. The summed E-state index contributed by atoms with van der Waals surface area (Å²) in [5, 5.41) is -0.155. The van der Waals surface area contributed by atoms with Gasteiger partial charge in [-0.3, -0.25) is 4.98 Å². The number of benzene rings is 1. The average Bonchev–Trinajstić information content (AvgIpc) is 2.44. The van der Waals surface area contributed by atoms with Crippen molar-refractivity contribution in [2.45, 2.75) is 6.18 Å². The van der Waals surface area contributed by atoms with Gasteiger partial charge in [0.1, 0.15) is 0 Å². The number of carbonyl (C=O) groups excluding carboxylic acids is 1. The van der Waals surface area contributed by atoms with Crippen LogP contribution in [0.15, 0.2) is 24.4 Å². The fourth-order valence-electron chi connectivity index (χ4n) is 1.99. The minimum atomic E-state index is -4.83. The van der Waals surface area contributed by atoms with Gasteiger partial charge in [-0.2, -0.15) is 13.2 Å². The number of hydrogen-bond donors (Lipinski definition) is 0. The number of pyridine rings is 1. The van der Waals surface area contributed by atoms with E-state index in [-0.39, 0.29) is 26.2 Å². The Kier molecular flexibility index (Phi) is 5.08. The lowest BCUT2D eigenvalue weighted by atomic mass is 9.97. The molecule has 2 rings (SSSR count). The summed E-state index contributed by atoms with van der Waals surface area (Å²) in [6.07, 6.45) is -3.97. The third-order valence-corrected chi connectivity index (χ3v) is 3.70. The first-order chi connectivity index (χ1) is 10.7. The molecular formula is C14H7Cl3F3NO2. The smallest absolute Gasteiger partial charge is 0.433 e. The van der Waals surface area contributed by atoms with Gasteiger partial charge in [-0.1, -0.05) is 34.8 Å². The number of ether oxygens (including phenoxy) is 1. The molecule has 0 atom stereocenters. The number of rotatable bonds is 2. The van der Waals surface area contributed by atoms with E-state index in [0.29, 0.717) is 0 Å². The molecule has 0 N–H and O–H groups in total. The van der Waals surface area contributed by atoms with E-state index in [1.165, 1.54) is 12.1 Å². The van der Waals surface area contributed by atoms with Crippen LogP contribution in [-0.2, 0) is 10.9 Å². The Labute approximate surface area is 143 Å². The second kappa shape index (κ2) is 6.55. The highest BCUT2D eigenvalue weighted by Gasteiger charge is 2.38. The molecule has 0 unspecified atom stereocenters. The number of methoxy groups -OCH3 is 1. The van der Waals surface area contributed by atoms with Gasteiger partial charge in [0.25, 0.3) is 0 Å². The maximum Gasteiger partial charge on any atom is 0.433 e. The molecule has 0 aliphatic heterocycles. The number of nitrogens with zero attached hydrogens (tertiary/aromatic N) is 1. The Balaban J connectivity index is 2.92. The molecule has 0 bridgehead atoms. The lowest BCUT2D eigenvalue weighted by molar-refractivity contribution is -0.140. The zero-order valence-corrected chi connectivity index (χ0v) is 13.6. The van der Waals surface area contributed by atoms with Crippen LogP contribution in [0.3, 0.4) is 0 Å². The van der Waals surface area contributed by atoms with Crippen molar-refractivity contribution >= 4 is 40.8 Å². The van der Waals surface area contributed by atoms with Gasteiger partial charge in [-0.05, 0) is 18.2 Å². The molecule has 0 amide bonds. The maximum atomic E-state index is 13.3. The molecule has 23 heavy (non-hydrogen) atoms. The number of aromatic nitrogens is 1. The lowest BCUT2D eigenvalue weighted by Gasteiger charge is -2.17. The largest absolute Gasteiger partial charge is 0.465 e. The van der Waals surface area contributed by atoms with E-state index in [1.807, 2.05) is 0 Å². The Morgan fingerprint density at radius 1 is 1.13 bits per heavy atom. The molecule has 2 aromatic rings. The molecule has 0 fully saturated rings.